The van der Waals surface area contributed by atoms with E-state index in [1.54, 1.807) is 0 Å². The molecule has 0 saturated carbocycles. The third-order valence-corrected chi connectivity index (χ3v) is 1.92. The van der Waals surface area contributed by atoms with Gasteiger partial charge < -0.3 is 0 Å². The molecule has 0 amide bonds. The molecule has 0 bridgehead atoms. The van der Waals surface area contributed by atoms with Crippen LogP contribution in [0.25, 0.3) is 0 Å². The number of fused-ring (bicyclic) bond motifs is 1. The van der Waals surface area contributed by atoms with Gasteiger partial charge in [0.1, 0.15) is 0 Å². The molecule has 1 aliphatic heterocycles. The van der Waals surface area contributed by atoms with Gasteiger partial charge in [0.25, 0.3) is 0 Å². The Morgan fingerprint density at radius 2 is 1.23 bits per heavy atom. The molecule has 5 heteroatoms. The van der Waals surface area contributed by atoms with Crippen molar-refractivity contribution in [2.45, 2.75) is 12.1 Å². The van der Waals surface area contributed by atoms with Crippen LogP contribution in [0.3, 0.4) is 0 Å². The molecule has 0 atom stereocenters. The molecular formula is C8H5F4N. The van der Waals surface area contributed by atoms with Crippen LogP contribution in [0.1, 0.15) is 11.1 Å². The molecule has 70 valence electrons. The first kappa shape index (κ1) is 8.50. The smallest absolute Gasteiger partial charge is 0.189 e. The van der Waals surface area contributed by atoms with Crippen LogP contribution in [0.15, 0.2) is 24.3 Å². The van der Waals surface area contributed by atoms with E-state index in [4.69, 9.17) is 0 Å². The SMILES string of the molecule is FC1(F)NC(F)(F)c2ccccc21. The van der Waals surface area contributed by atoms with E-state index < -0.39 is 23.2 Å². The second kappa shape index (κ2) is 2.23. The van der Waals surface area contributed by atoms with Crippen LogP contribution < -0.4 is 5.32 Å². The Morgan fingerprint density at radius 1 is 0.846 bits per heavy atom. The standard InChI is InChI=1S/C8H5F4N/c9-7(10)5-3-1-2-4-6(5)8(11,12)13-7/h1-4,13H. The van der Waals surface area contributed by atoms with Crippen molar-refractivity contribution in [3.05, 3.63) is 35.4 Å². The predicted octanol–water partition coefficient (Wildman–Crippen LogP) is 2.39. The van der Waals surface area contributed by atoms with Crippen molar-refractivity contribution in [1.82, 2.24) is 5.32 Å². The van der Waals surface area contributed by atoms with Gasteiger partial charge >= 0.3 is 12.1 Å². The Balaban J connectivity index is 2.64. The van der Waals surface area contributed by atoms with Gasteiger partial charge in [-0.3, -0.25) is 0 Å². The van der Waals surface area contributed by atoms with E-state index in [0.717, 1.165) is 17.4 Å². The molecular weight excluding hydrogens is 186 g/mol. The number of alkyl halides is 4. The molecule has 0 radical (unpaired) electrons. The van der Waals surface area contributed by atoms with Gasteiger partial charge in [0.15, 0.2) is 0 Å². The van der Waals surface area contributed by atoms with Gasteiger partial charge in [-0.1, -0.05) is 24.3 Å². The average Bonchev–Trinajstić information content (AvgIpc) is 2.20. The highest BCUT2D eigenvalue weighted by atomic mass is 19.3. The molecule has 13 heavy (non-hydrogen) atoms. The Labute approximate surface area is 71.4 Å². The average molecular weight is 191 g/mol. The summed E-state index contributed by atoms with van der Waals surface area (Å²) in [6, 6.07) is -2.70. The quantitative estimate of drug-likeness (QED) is 0.490. The molecule has 1 aromatic rings. The Morgan fingerprint density at radius 3 is 1.62 bits per heavy atom. The van der Waals surface area contributed by atoms with Gasteiger partial charge in [0.2, 0.25) is 0 Å². The molecule has 0 aromatic heterocycles. The summed E-state index contributed by atoms with van der Waals surface area (Å²) < 4.78 is 51.4. The minimum atomic E-state index is -3.64. The molecule has 0 unspecified atom stereocenters. The van der Waals surface area contributed by atoms with Gasteiger partial charge in [-0.2, -0.15) is 22.9 Å². The van der Waals surface area contributed by atoms with E-state index in [0.29, 0.717) is 0 Å². The molecule has 1 aromatic carbocycles. The first-order chi connectivity index (χ1) is 5.93. The van der Waals surface area contributed by atoms with Gasteiger partial charge in [0, 0.05) is 11.1 Å². The van der Waals surface area contributed by atoms with E-state index in [9.17, 15) is 17.6 Å². The highest BCUT2D eigenvalue weighted by molar-refractivity contribution is 5.38. The zero-order valence-electron chi connectivity index (χ0n) is 6.32. The number of rotatable bonds is 0. The van der Waals surface area contributed by atoms with Gasteiger partial charge in [-0.25, -0.2) is 0 Å². The summed E-state index contributed by atoms with van der Waals surface area (Å²) in [4.78, 5) is 0. The van der Waals surface area contributed by atoms with Gasteiger partial charge in [0.05, 0.1) is 0 Å². The number of halogens is 4. The maximum absolute atomic E-state index is 12.8. The fourth-order valence-electron chi connectivity index (χ4n) is 1.36. The maximum atomic E-state index is 12.8. The molecule has 0 fully saturated rings. The number of hydrogen-bond acceptors (Lipinski definition) is 1. The first-order valence-corrected chi connectivity index (χ1v) is 3.58. The van der Waals surface area contributed by atoms with Crippen molar-refractivity contribution in [1.29, 1.82) is 0 Å². The minimum absolute atomic E-state index is 0.653. The van der Waals surface area contributed by atoms with E-state index in [-0.39, 0.29) is 0 Å². The van der Waals surface area contributed by atoms with Gasteiger partial charge in [-0.05, 0) is 0 Å². The normalized spacial score (nSPS) is 22.8. The lowest BCUT2D eigenvalue weighted by atomic mass is 10.1. The van der Waals surface area contributed by atoms with E-state index >= 15 is 0 Å². The lowest BCUT2D eigenvalue weighted by Gasteiger charge is -2.12. The Kier molecular flexibility index (Phi) is 1.46. The van der Waals surface area contributed by atoms with Crippen LogP contribution >= 0.6 is 0 Å². The summed E-state index contributed by atoms with van der Waals surface area (Å²) in [6.45, 7) is 0. The molecule has 0 saturated heterocycles. The third-order valence-electron chi connectivity index (χ3n) is 1.92. The van der Waals surface area contributed by atoms with Crippen LogP contribution in [0.2, 0.25) is 0 Å². The molecule has 1 nitrogen and oxygen atoms in total. The van der Waals surface area contributed by atoms with Crippen molar-refractivity contribution in [2.75, 3.05) is 0 Å². The Hall–Kier alpha value is -1.10. The third kappa shape index (κ3) is 1.11. The summed E-state index contributed by atoms with van der Waals surface area (Å²) in [5, 5.41) is 0.968. The van der Waals surface area contributed by atoms with E-state index in [1.165, 1.54) is 12.1 Å². The van der Waals surface area contributed by atoms with Crippen molar-refractivity contribution in [3.8, 4) is 0 Å². The first-order valence-electron chi connectivity index (χ1n) is 3.58. The van der Waals surface area contributed by atoms with Crippen LogP contribution in [-0.2, 0) is 12.1 Å². The minimum Gasteiger partial charge on any atom is -0.189 e. The summed E-state index contributed by atoms with van der Waals surface area (Å²) in [5.41, 5.74) is -1.31. The molecule has 2 rings (SSSR count). The summed E-state index contributed by atoms with van der Waals surface area (Å²) >= 11 is 0. The number of benzene rings is 1. The molecule has 1 heterocycles. The largest absolute Gasteiger partial charge is 0.334 e. The molecule has 0 spiro atoms. The van der Waals surface area contributed by atoms with Crippen molar-refractivity contribution < 1.29 is 17.6 Å². The Bertz CT molecular complexity index is 315. The summed E-state index contributed by atoms with van der Waals surface area (Å²) in [5.74, 6) is 0. The molecule has 0 aliphatic carbocycles. The monoisotopic (exact) mass is 191 g/mol. The lowest BCUT2D eigenvalue weighted by Crippen LogP contribution is -2.36. The van der Waals surface area contributed by atoms with Crippen molar-refractivity contribution in [3.63, 3.8) is 0 Å². The van der Waals surface area contributed by atoms with Crippen LogP contribution in [0, 0.1) is 0 Å². The zero-order valence-corrected chi connectivity index (χ0v) is 6.32. The topological polar surface area (TPSA) is 12.0 Å². The van der Waals surface area contributed by atoms with Crippen LogP contribution in [-0.4, -0.2) is 0 Å². The van der Waals surface area contributed by atoms with E-state index in [2.05, 4.69) is 0 Å². The van der Waals surface area contributed by atoms with Crippen LogP contribution in [0.4, 0.5) is 17.6 Å². The highest BCUT2D eigenvalue weighted by Crippen LogP contribution is 2.44. The van der Waals surface area contributed by atoms with Gasteiger partial charge in [-0.15, -0.1) is 0 Å². The van der Waals surface area contributed by atoms with Crippen molar-refractivity contribution in [2.24, 2.45) is 0 Å². The fourth-order valence-corrected chi connectivity index (χ4v) is 1.36. The zero-order chi connectivity index (χ0) is 9.69. The summed E-state index contributed by atoms with van der Waals surface area (Å²) in [7, 11) is 0. The second-order valence-electron chi connectivity index (χ2n) is 2.82. The molecule has 1 aliphatic rings. The van der Waals surface area contributed by atoms with Crippen LogP contribution in [0.5, 0.6) is 0 Å². The highest BCUT2D eigenvalue weighted by Gasteiger charge is 2.54. The fraction of sp³-hybridized carbons (Fsp3) is 0.250. The summed E-state index contributed by atoms with van der Waals surface area (Å²) in [6.07, 6.45) is 0. The second-order valence-corrected chi connectivity index (χ2v) is 2.82. The lowest BCUT2D eigenvalue weighted by molar-refractivity contribution is -0.133. The molecule has 1 N–H and O–H groups in total. The van der Waals surface area contributed by atoms with E-state index in [1.807, 2.05) is 0 Å². The maximum Gasteiger partial charge on any atom is 0.334 e. The number of hydrogen-bond donors (Lipinski definition) is 1. The number of nitrogens with one attached hydrogen (secondary N) is 1. The predicted molar refractivity (Wildman–Crippen MR) is 37.4 cm³/mol. The van der Waals surface area contributed by atoms with Crippen molar-refractivity contribution >= 4 is 0 Å².